The Morgan fingerprint density at radius 2 is 1.69 bits per heavy atom. The molecule has 0 saturated carbocycles. The van der Waals surface area contributed by atoms with Gasteiger partial charge in [-0.25, -0.2) is 0 Å². The number of unbranched alkanes of at least 4 members (excludes halogenated alkanes) is 1. The van der Waals surface area contributed by atoms with Crippen LogP contribution in [0.2, 0.25) is 0 Å². The van der Waals surface area contributed by atoms with Crippen LogP contribution in [-0.4, -0.2) is 25.0 Å². The van der Waals surface area contributed by atoms with Crippen molar-refractivity contribution in [3.8, 4) is 0 Å². The summed E-state index contributed by atoms with van der Waals surface area (Å²) in [6.07, 6.45) is 6.51. The fourth-order valence-electron chi connectivity index (χ4n) is 1.79. The Labute approximate surface area is 183 Å². The molecule has 0 aliphatic carbocycles. The van der Waals surface area contributed by atoms with Crippen LogP contribution >= 0.6 is 0 Å². The molecule has 0 aromatic heterocycles. The number of rotatable bonds is 13. The van der Waals surface area contributed by atoms with E-state index in [1.165, 1.54) is 12.9 Å². The summed E-state index contributed by atoms with van der Waals surface area (Å²) < 4.78 is 32.6. The van der Waals surface area contributed by atoms with Crippen LogP contribution in [-0.2, 0) is 56.7 Å². The number of ketones is 1. The van der Waals surface area contributed by atoms with E-state index in [0.717, 1.165) is 18.4 Å². The second-order valence-electron chi connectivity index (χ2n) is 4.92. The molecule has 0 unspecified atom stereocenters. The molecule has 1 atom stereocenters. The molecule has 0 aliphatic heterocycles. The van der Waals surface area contributed by atoms with Gasteiger partial charge in [0.15, 0.2) is 0 Å². The zero-order valence-electron chi connectivity index (χ0n) is 15.9. The maximum atomic E-state index is 11.6. The van der Waals surface area contributed by atoms with Gasteiger partial charge < -0.3 is 14.3 Å². The molecule has 3 radical (unpaired) electrons. The topological polar surface area (TPSA) is 112 Å². The monoisotopic (exact) mass is 442 g/mol. The Bertz CT molecular complexity index is 527. The first-order valence-corrected chi connectivity index (χ1v) is 8.02. The van der Waals surface area contributed by atoms with Crippen LogP contribution in [0.25, 0.3) is 0 Å². The van der Waals surface area contributed by atoms with Gasteiger partial charge >= 0.3 is 33.9 Å². The summed E-state index contributed by atoms with van der Waals surface area (Å²) >= 11 is 0. The van der Waals surface area contributed by atoms with Gasteiger partial charge in [0.05, 0.1) is 12.7 Å². The summed E-state index contributed by atoms with van der Waals surface area (Å²) in [6, 6.07) is 10.00. The van der Waals surface area contributed by atoms with Crippen LogP contribution < -0.4 is 0 Å². The van der Waals surface area contributed by atoms with Crippen molar-refractivity contribution in [2.45, 2.75) is 38.9 Å². The van der Waals surface area contributed by atoms with E-state index in [4.69, 9.17) is 18.7 Å². The van der Waals surface area contributed by atoms with E-state index >= 15 is 0 Å². The summed E-state index contributed by atoms with van der Waals surface area (Å²) in [5.41, 5.74) is 1.15. The number of hydrogen-bond acceptors (Lipinski definition) is 4. The minimum absolute atomic E-state index is 0. The predicted octanol–water partition coefficient (Wildman–Crippen LogP) is 2.91. The molecule has 1 rings (SSSR count). The molecule has 0 amide bonds. The van der Waals surface area contributed by atoms with E-state index in [2.05, 4.69) is 24.7 Å². The molecule has 1 aromatic rings. The van der Waals surface area contributed by atoms with Gasteiger partial charge in [0.25, 0.3) is 0 Å². The standard InChI is InChI=1S/C18H22O4.3CO.Fe/c1-16(22-15-19)8-7-12-18(20)11-5-6-13-21-14-17-9-3-2-4-10-17;3*1-2;/h2-4,7-10,12,16H,5-6,11,13-14H2,1H3;;;;/q-1;;;;/t16-;;;;/m1..../s1. The van der Waals surface area contributed by atoms with Gasteiger partial charge in [-0.05, 0) is 31.7 Å². The van der Waals surface area contributed by atoms with E-state index in [-0.39, 0.29) is 29.0 Å². The second kappa shape index (κ2) is 30.8. The zero-order chi connectivity index (χ0) is 22.0. The van der Waals surface area contributed by atoms with Crippen molar-refractivity contribution in [1.82, 2.24) is 0 Å². The Balaban J connectivity index is -0.000000407. The molecule has 0 saturated heterocycles. The third kappa shape index (κ3) is 26.1. The van der Waals surface area contributed by atoms with E-state index < -0.39 is 0 Å². The second-order valence-corrected chi connectivity index (χ2v) is 4.92. The minimum Gasteiger partial charge on any atom is 0 e. The fourth-order valence-corrected chi connectivity index (χ4v) is 1.79. The van der Waals surface area contributed by atoms with Gasteiger partial charge in [-0.15, -0.1) is 0 Å². The van der Waals surface area contributed by atoms with Crippen LogP contribution in [0, 0.1) is 39.2 Å². The number of carbonyl (C=O) groups excluding carboxylic acids is 2. The predicted molar refractivity (Wildman–Crippen MR) is 95.9 cm³/mol. The van der Waals surface area contributed by atoms with E-state index in [0.29, 0.717) is 19.6 Å². The van der Waals surface area contributed by atoms with Gasteiger partial charge in [0.1, 0.15) is 5.78 Å². The summed E-state index contributed by atoms with van der Waals surface area (Å²) in [4.78, 5) is 21.5. The van der Waals surface area contributed by atoms with Gasteiger partial charge in [-0.3, -0.25) is 4.79 Å². The third-order valence-electron chi connectivity index (χ3n) is 2.97. The number of carbonyl (C=O) groups is 1. The Morgan fingerprint density at radius 3 is 2.24 bits per heavy atom. The van der Waals surface area contributed by atoms with Gasteiger partial charge in [-0.1, -0.05) is 36.8 Å². The van der Waals surface area contributed by atoms with Crippen molar-refractivity contribution in [2.75, 3.05) is 6.61 Å². The molecule has 0 bridgehead atoms. The normalized spacial score (nSPS) is 9.21. The molecule has 0 heterocycles. The molecule has 1 aromatic carbocycles. The number of hydrogen-bond donors (Lipinski definition) is 0. The van der Waals surface area contributed by atoms with Crippen molar-refractivity contribution < 1.29 is 50.1 Å². The van der Waals surface area contributed by atoms with Crippen molar-refractivity contribution in [3.63, 3.8) is 0 Å². The van der Waals surface area contributed by atoms with Crippen LogP contribution in [0.15, 0.2) is 30.3 Å². The van der Waals surface area contributed by atoms with Crippen LogP contribution in [0.5, 0.6) is 0 Å². The van der Waals surface area contributed by atoms with Crippen molar-refractivity contribution >= 4 is 12.3 Å². The average molecular weight is 442 g/mol. The van der Waals surface area contributed by atoms with Crippen LogP contribution in [0.4, 0.5) is 0 Å². The summed E-state index contributed by atoms with van der Waals surface area (Å²) in [5.74, 6) is 0.0570. The Hall–Kier alpha value is -1.94. The molecule has 29 heavy (non-hydrogen) atoms. The van der Waals surface area contributed by atoms with Crippen LogP contribution in [0.3, 0.4) is 0 Å². The van der Waals surface area contributed by atoms with Gasteiger partial charge in [0, 0.05) is 42.9 Å². The molecular formula is C21H22FeO7-. The SMILES string of the molecule is C[C@H]([CH][CH][CH]C(=O)CCCCOCc1ccccc1)O[C-]=O.[C-]#[O+].[C-]#[O+].[C-]#[O+].[Fe]. The largest absolute Gasteiger partial charge is 0 e. The maximum absolute atomic E-state index is 11.6. The Morgan fingerprint density at radius 1 is 1.10 bits per heavy atom. The molecule has 0 fully saturated rings. The van der Waals surface area contributed by atoms with E-state index in [1.807, 2.05) is 30.3 Å². The molecule has 0 aliphatic rings. The van der Waals surface area contributed by atoms with Crippen LogP contribution in [0.1, 0.15) is 31.7 Å². The maximum Gasteiger partial charge on any atom is 0 e. The first kappa shape index (κ1) is 34.6. The summed E-state index contributed by atoms with van der Waals surface area (Å²) in [7, 11) is 0. The fraction of sp³-hybridized carbons (Fsp3) is 0.333. The molecule has 0 spiro atoms. The smallest absolute Gasteiger partial charge is 0 e. The molecular weight excluding hydrogens is 420 g/mol. The zero-order valence-corrected chi connectivity index (χ0v) is 17.0. The number of ether oxygens (including phenoxy) is 2. The van der Waals surface area contributed by atoms with E-state index in [1.54, 1.807) is 19.8 Å². The number of Topliss-reactive ketones (excluding diaryl/α,β-unsaturated/α-hetero) is 1. The van der Waals surface area contributed by atoms with Gasteiger partial charge in [-0.2, -0.15) is 0 Å². The molecule has 7 nitrogen and oxygen atoms in total. The Kier molecular flexibility index (Phi) is 36.7. The summed E-state index contributed by atoms with van der Waals surface area (Å²) in [5, 5.41) is 0. The van der Waals surface area contributed by atoms with Crippen molar-refractivity contribution in [3.05, 3.63) is 75.1 Å². The van der Waals surface area contributed by atoms with Crippen molar-refractivity contribution in [2.24, 2.45) is 0 Å². The third-order valence-corrected chi connectivity index (χ3v) is 2.97. The average Bonchev–Trinajstić information content (AvgIpc) is 2.76. The molecule has 157 valence electrons. The van der Waals surface area contributed by atoms with E-state index in [9.17, 15) is 9.59 Å². The molecule has 0 N–H and O–H groups in total. The first-order chi connectivity index (χ1) is 13.7. The number of benzene rings is 1. The quantitative estimate of drug-likeness (QED) is 0.202. The first-order valence-electron chi connectivity index (χ1n) is 8.02. The van der Waals surface area contributed by atoms with Gasteiger partial charge in [0.2, 0.25) is 0 Å². The minimum atomic E-state index is -0.368. The van der Waals surface area contributed by atoms with Crippen molar-refractivity contribution in [1.29, 1.82) is 0 Å². The summed E-state index contributed by atoms with van der Waals surface area (Å²) in [6.45, 7) is 17.8. The molecule has 8 heteroatoms.